The van der Waals surface area contributed by atoms with Crippen molar-refractivity contribution in [3.05, 3.63) is 23.5 Å². The first kappa shape index (κ1) is 11.4. The second kappa shape index (κ2) is 4.70. The fourth-order valence-corrected chi connectivity index (χ4v) is 1.29. The maximum atomic E-state index is 13.6. The van der Waals surface area contributed by atoms with E-state index >= 15 is 0 Å². The molecular weight excluding hydrogens is 195 g/mol. The van der Waals surface area contributed by atoms with Crippen molar-refractivity contribution in [3.8, 4) is 23.8 Å². The molecule has 0 aliphatic rings. The number of terminal acetylenes is 1. The molecule has 0 fully saturated rings. The number of methoxy groups -OCH3 is 2. The summed E-state index contributed by atoms with van der Waals surface area (Å²) in [4.78, 5) is 0. The highest BCUT2D eigenvalue weighted by molar-refractivity contribution is 5.45. The lowest BCUT2D eigenvalue weighted by molar-refractivity contribution is 0.351. The fourth-order valence-electron chi connectivity index (χ4n) is 1.29. The quantitative estimate of drug-likeness (QED) is 0.711. The molecule has 0 aliphatic carbocycles. The van der Waals surface area contributed by atoms with Gasteiger partial charge >= 0.3 is 0 Å². The van der Waals surface area contributed by atoms with E-state index in [1.54, 1.807) is 13.0 Å². The maximum absolute atomic E-state index is 13.6. The average Bonchev–Trinajstić information content (AvgIpc) is 2.27. The van der Waals surface area contributed by atoms with Crippen LogP contribution in [0.5, 0.6) is 11.5 Å². The maximum Gasteiger partial charge on any atom is 0.163 e. The monoisotopic (exact) mass is 208 g/mol. The molecule has 3 heteroatoms. The summed E-state index contributed by atoms with van der Waals surface area (Å²) < 4.78 is 23.6. The van der Waals surface area contributed by atoms with Crippen LogP contribution in [0.2, 0.25) is 0 Å². The largest absolute Gasteiger partial charge is 0.493 e. The van der Waals surface area contributed by atoms with Crippen LogP contribution in [-0.4, -0.2) is 14.2 Å². The molecule has 0 unspecified atom stereocenters. The number of hydrogen-bond acceptors (Lipinski definition) is 2. The van der Waals surface area contributed by atoms with Gasteiger partial charge in [0.2, 0.25) is 0 Å². The molecule has 0 saturated heterocycles. The lowest BCUT2D eigenvalue weighted by Crippen LogP contribution is -1.98. The highest BCUT2D eigenvalue weighted by Crippen LogP contribution is 2.32. The van der Waals surface area contributed by atoms with Crippen molar-refractivity contribution in [2.24, 2.45) is 0 Å². The zero-order chi connectivity index (χ0) is 11.4. The molecule has 0 spiro atoms. The summed E-state index contributed by atoms with van der Waals surface area (Å²) in [5, 5.41) is 0. The first-order chi connectivity index (χ1) is 7.13. The second-order valence-corrected chi connectivity index (χ2v) is 3.12. The molecule has 1 aromatic carbocycles. The molecule has 80 valence electrons. The zero-order valence-corrected chi connectivity index (χ0v) is 9.00. The summed E-state index contributed by atoms with van der Waals surface area (Å²) in [6.45, 7) is 1.75. The molecule has 1 aromatic rings. The smallest absolute Gasteiger partial charge is 0.163 e. The zero-order valence-electron chi connectivity index (χ0n) is 9.00. The minimum Gasteiger partial charge on any atom is -0.493 e. The van der Waals surface area contributed by atoms with Crippen LogP contribution in [0, 0.1) is 18.2 Å². The summed E-state index contributed by atoms with van der Waals surface area (Å²) in [6, 6.07) is 2.85. The lowest BCUT2D eigenvalue weighted by Gasteiger charge is -2.12. The average molecular weight is 208 g/mol. The van der Waals surface area contributed by atoms with Crippen LogP contribution in [-0.2, 0) is 0 Å². The molecule has 0 heterocycles. The normalized spacial score (nSPS) is 11.7. The number of halogens is 1. The molecule has 0 amide bonds. The molecular formula is C12H13FO2. The van der Waals surface area contributed by atoms with Gasteiger partial charge in [0.05, 0.1) is 14.2 Å². The van der Waals surface area contributed by atoms with Crippen molar-refractivity contribution in [1.29, 1.82) is 0 Å². The molecule has 2 nitrogen and oxygen atoms in total. The van der Waals surface area contributed by atoms with Gasteiger partial charge in [-0.1, -0.05) is 5.92 Å². The Labute approximate surface area is 89.0 Å². The Morgan fingerprint density at radius 1 is 1.27 bits per heavy atom. The summed E-state index contributed by atoms with van der Waals surface area (Å²) in [7, 11) is 2.96. The van der Waals surface area contributed by atoms with Crippen LogP contribution < -0.4 is 9.47 Å². The van der Waals surface area contributed by atoms with Crippen LogP contribution in [0.3, 0.4) is 0 Å². The Balaban J connectivity index is 3.27. The number of ether oxygens (including phenoxy) is 2. The Hall–Kier alpha value is -1.69. The van der Waals surface area contributed by atoms with E-state index in [2.05, 4.69) is 5.92 Å². The van der Waals surface area contributed by atoms with Gasteiger partial charge in [-0.05, 0) is 13.0 Å². The van der Waals surface area contributed by atoms with Gasteiger partial charge in [0.1, 0.15) is 5.82 Å². The first-order valence-corrected chi connectivity index (χ1v) is 4.51. The van der Waals surface area contributed by atoms with E-state index < -0.39 is 0 Å². The van der Waals surface area contributed by atoms with Crippen LogP contribution in [0.25, 0.3) is 0 Å². The Morgan fingerprint density at radius 3 is 2.27 bits per heavy atom. The SMILES string of the molecule is C#C[C@@H](C)c1cc(OC)c(OC)cc1F. The van der Waals surface area contributed by atoms with E-state index in [1.807, 2.05) is 0 Å². The Morgan fingerprint density at radius 2 is 1.80 bits per heavy atom. The topological polar surface area (TPSA) is 18.5 Å². The third kappa shape index (κ3) is 2.21. The molecule has 0 bridgehead atoms. The third-order valence-electron chi connectivity index (χ3n) is 2.22. The summed E-state index contributed by atoms with van der Waals surface area (Å²) in [5.74, 6) is 2.66. The number of rotatable bonds is 3. The van der Waals surface area contributed by atoms with Gasteiger partial charge in [0.25, 0.3) is 0 Å². The van der Waals surface area contributed by atoms with Crippen LogP contribution in [0.4, 0.5) is 4.39 Å². The van der Waals surface area contributed by atoms with E-state index in [1.165, 1.54) is 20.3 Å². The molecule has 0 N–H and O–H groups in total. The predicted molar refractivity (Wildman–Crippen MR) is 56.8 cm³/mol. The van der Waals surface area contributed by atoms with Crippen molar-refractivity contribution in [2.45, 2.75) is 12.8 Å². The fraction of sp³-hybridized carbons (Fsp3) is 0.333. The molecule has 1 atom stereocenters. The Bertz CT molecular complexity index is 393. The van der Waals surface area contributed by atoms with Gasteiger partial charge in [-0.15, -0.1) is 6.42 Å². The van der Waals surface area contributed by atoms with Gasteiger partial charge in [-0.3, -0.25) is 0 Å². The van der Waals surface area contributed by atoms with Gasteiger partial charge in [0.15, 0.2) is 11.5 Å². The van der Waals surface area contributed by atoms with E-state index in [0.29, 0.717) is 17.1 Å². The molecule has 0 saturated carbocycles. The van der Waals surface area contributed by atoms with Crippen molar-refractivity contribution in [3.63, 3.8) is 0 Å². The predicted octanol–water partition coefficient (Wildman–Crippen LogP) is 2.58. The van der Waals surface area contributed by atoms with Gasteiger partial charge in [-0.2, -0.15) is 0 Å². The van der Waals surface area contributed by atoms with E-state index in [-0.39, 0.29) is 11.7 Å². The van der Waals surface area contributed by atoms with Gasteiger partial charge in [-0.25, -0.2) is 4.39 Å². The van der Waals surface area contributed by atoms with Crippen molar-refractivity contribution in [1.82, 2.24) is 0 Å². The van der Waals surface area contributed by atoms with Gasteiger partial charge < -0.3 is 9.47 Å². The molecule has 0 radical (unpaired) electrons. The second-order valence-electron chi connectivity index (χ2n) is 3.12. The molecule has 15 heavy (non-hydrogen) atoms. The van der Waals surface area contributed by atoms with Crippen LogP contribution >= 0.6 is 0 Å². The highest BCUT2D eigenvalue weighted by Gasteiger charge is 2.14. The van der Waals surface area contributed by atoms with Crippen LogP contribution in [0.1, 0.15) is 18.4 Å². The van der Waals surface area contributed by atoms with Crippen molar-refractivity contribution in [2.75, 3.05) is 14.2 Å². The van der Waals surface area contributed by atoms with Gasteiger partial charge in [0, 0.05) is 17.5 Å². The lowest BCUT2D eigenvalue weighted by atomic mass is 10.0. The van der Waals surface area contributed by atoms with E-state index in [9.17, 15) is 4.39 Å². The summed E-state index contributed by atoms with van der Waals surface area (Å²) in [5.41, 5.74) is 0.440. The minimum absolute atomic E-state index is 0.287. The van der Waals surface area contributed by atoms with Crippen molar-refractivity contribution < 1.29 is 13.9 Å². The summed E-state index contributed by atoms with van der Waals surface area (Å²) >= 11 is 0. The molecule has 1 rings (SSSR count). The molecule has 0 aromatic heterocycles. The number of hydrogen-bond donors (Lipinski definition) is 0. The van der Waals surface area contributed by atoms with Crippen LogP contribution in [0.15, 0.2) is 12.1 Å². The number of benzene rings is 1. The third-order valence-corrected chi connectivity index (χ3v) is 2.22. The summed E-state index contributed by atoms with van der Waals surface area (Å²) in [6.07, 6.45) is 5.25. The molecule has 0 aliphatic heterocycles. The van der Waals surface area contributed by atoms with E-state index in [0.717, 1.165) is 0 Å². The highest BCUT2D eigenvalue weighted by atomic mass is 19.1. The van der Waals surface area contributed by atoms with Crippen molar-refractivity contribution >= 4 is 0 Å². The Kier molecular flexibility index (Phi) is 3.56. The standard InChI is InChI=1S/C12H13FO2/c1-5-8(2)9-6-11(14-3)12(15-4)7-10(9)13/h1,6-8H,2-4H3/t8-/m1/s1. The first-order valence-electron chi connectivity index (χ1n) is 4.51. The minimum atomic E-state index is -0.377. The van der Waals surface area contributed by atoms with E-state index in [4.69, 9.17) is 15.9 Å².